The molecule has 4 heterocycles. The smallest absolute Gasteiger partial charge is 0.256 e. The van der Waals surface area contributed by atoms with Gasteiger partial charge in [-0.1, -0.05) is 80.2 Å². The number of H-pyrrole nitrogens is 1. The SMILES string of the molecule is C=C(C)\C=C/C=C(CCC)/C(/C=C\C1=C(C(=O)N2CCc3nc[nH]c3C2)C=NCC1)=C/C.c1ccc2occc2c1. The van der Waals surface area contributed by atoms with E-state index in [2.05, 4.69) is 65.8 Å². The monoisotopic (exact) mass is 548 g/mol. The molecule has 6 heteroatoms. The minimum Gasteiger partial charge on any atom is -0.464 e. The van der Waals surface area contributed by atoms with E-state index in [4.69, 9.17) is 4.42 Å². The average molecular weight is 549 g/mol. The first-order valence-electron chi connectivity index (χ1n) is 14.3. The van der Waals surface area contributed by atoms with Gasteiger partial charge in [-0.15, -0.1) is 0 Å². The molecule has 0 bridgehead atoms. The highest BCUT2D eigenvalue weighted by atomic mass is 16.3. The highest BCUT2D eigenvalue weighted by molar-refractivity contribution is 6.13. The van der Waals surface area contributed by atoms with Crippen LogP contribution in [0.1, 0.15) is 51.4 Å². The second-order valence-corrected chi connectivity index (χ2v) is 10.2. The molecule has 2 aromatic heterocycles. The fourth-order valence-corrected chi connectivity index (χ4v) is 4.89. The maximum absolute atomic E-state index is 13.3. The van der Waals surface area contributed by atoms with Crippen LogP contribution in [-0.2, 0) is 17.8 Å². The quantitative estimate of drug-likeness (QED) is 0.291. The number of benzene rings is 1. The van der Waals surface area contributed by atoms with E-state index in [0.717, 1.165) is 59.2 Å². The fraction of sp³-hybridized carbons (Fsp3) is 0.286. The van der Waals surface area contributed by atoms with Crippen LogP contribution in [0.3, 0.4) is 0 Å². The van der Waals surface area contributed by atoms with Gasteiger partial charge in [0.1, 0.15) is 5.58 Å². The lowest BCUT2D eigenvalue weighted by Gasteiger charge is -2.27. The van der Waals surface area contributed by atoms with E-state index in [0.29, 0.717) is 25.2 Å². The number of imidazole rings is 1. The highest BCUT2D eigenvalue weighted by Crippen LogP contribution is 2.24. The van der Waals surface area contributed by atoms with Crippen molar-refractivity contribution in [3.8, 4) is 0 Å². The van der Waals surface area contributed by atoms with E-state index in [1.54, 1.807) is 18.8 Å². The topological polar surface area (TPSA) is 74.5 Å². The summed E-state index contributed by atoms with van der Waals surface area (Å²) in [4.78, 5) is 27.1. The third-order valence-corrected chi connectivity index (χ3v) is 7.07. The second kappa shape index (κ2) is 14.8. The molecule has 41 heavy (non-hydrogen) atoms. The number of rotatable bonds is 8. The number of furan rings is 1. The predicted molar refractivity (Wildman–Crippen MR) is 169 cm³/mol. The number of nitrogens with zero attached hydrogens (tertiary/aromatic N) is 3. The molecule has 0 fully saturated rings. The normalized spacial score (nSPS) is 15.9. The molecule has 0 saturated heterocycles. The number of hydrogen-bond donors (Lipinski definition) is 1. The molecule has 3 aromatic rings. The van der Waals surface area contributed by atoms with Crippen LogP contribution in [0.4, 0.5) is 0 Å². The Labute approximate surface area is 243 Å². The number of nitrogens with one attached hydrogen (secondary N) is 1. The van der Waals surface area contributed by atoms with Crippen LogP contribution in [0, 0.1) is 0 Å². The van der Waals surface area contributed by atoms with Crippen molar-refractivity contribution >= 4 is 23.1 Å². The summed E-state index contributed by atoms with van der Waals surface area (Å²) in [5.74, 6) is 0.0455. The molecule has 1 amide bonds. The number of amides is 1. The van der Waals surface area contributed by atoms with Crippen molar-refractivity contribution in [3.63, 3.8) is 0 Å². The van der Waals surface area contributed by atoms with Crippen molar-refractivity contribution in [2.75, 3.05) is 13.1 Å². The summed E-state index contributed by atoms with van der Waals surface area (Å²) >= 11 is 0. The Morgan fingerprint density at radius 2 is 2.05 bits per heavy atom. The Morgan fingerprint density at radius 1 is 1.20 bits per heavy atom. The molecule has 0 aliphatic carbocycles. The molecule has 1 N–H and O–H groups in total. The predicted octanol–water partition coefficient (Wildman–Crippen LogP) is 7.86. The van der Waals surface area contributed by atoms with Gasteiger partial charge in [0.15, 0.2) is 0 Å². The fourth-order valence-electron chi connectivity index (χ4n) is 4.89. The van der Waals surface area contributed by atoms with Crippen LogP contribution in [0.5, 0.6) is 0 Å². The summed E-state index contributed by atoms with van der Waals surface area (Å²) in [5, 5.41) is 1.16. The van der Waals surface area contributed by atoms with Crippen molar-refractivity contribution in [2.24, 2.45) is 4.99 Å². The van der Waals surface area contributed by atoms with E-state index in [9.17, 15) is 4.79 Å². The van der Waals surface area contributed by atoms with Gasteiger partial charge >= 0.3 is 0 Å². The standard InChI is InChI=1S/C27H34N4O.C8H6O/c1-5-8-22(10-7-9-20(3)4)21(6-2)11-12-23-13-15-28-17-24(23)27(32)31-16-14-25-26(18-31)30-19-29-25;1-2-4-8-7(3-1)5-6-9-8/h6-7,9-12,17,19H,3,5,8,13-16,18H2,1-2,4H3,(H,29,30);1-6H/b9-7-,12-11-,21-6+,22-10+;. The van der Waals surface area contributed by atoms with Gasteiger partial charge < -0.3 is 14.3 Å². The number of para-hydroxylation sites is 1. The number of aliphatic imine (C=N–C) groups is 1. The second-order valence-electron chi connectivity index (χ2n) is 10.2. The van der Waals surface area contributed by atoms with E-state index in [-0.39, 0.29) is 5.91 Å². The molecule has 0 saturated carbocycles. The number of aromatic nitrogens is 2. The third kappa shape index (κ3) is 8.04. The Bertz CT molecular complexity index is 1510. The van der Waals surface area contributed by atoms with Crippen LogP contribution in [0.2, 0.25) is 0 Å². The van der Waals surface area contributed by atoms with Gasteiger partial charge in [0, 0.05) is 31.1 Å². The van der Waals surface area contributed by atoms with E-state index in [1.807, 2.05) is 48.2 Å². The lowest BCUT2D eigenvalue weighted by molar-refractivity contribution is -0.127. The van der Waals surface area contributed by atoms with Gasteiger partial charge in [-0.05, 0) is 55.5 Å². The van der Waals surface area contributed by atoms with Gasteiger partial charge in [-0.2, -0.15) is 0 Å². The maximum Gasteiger partial charge on any atom is 0.256 e. The van der Waals surface area contributed by atoms with Crippen molar-refractivity contribution in [3.05, 3.63) is 125 Å². The van der Waals surface area contributed by atoms with Crippen molar-refractivity contribution in [1.82, 2.24) is 14.9 Å². The molecule has 0 atom stereocenters. The number of hydrogen-bond acceptors (Lipinski definition) is 4. The summed E-state index contributed by atoms with van der Waals surface area (Å²) < 4.78 is 5.12. The van der Waals surface area contributed by atoms with Crippen LogP contribution >= 0.6 is 0 Å². The molecule has 5 rings (SSSR count). The van der Waals surface area contributed by atoms with Gasteiger partial charge in [-0.3, -0.25) is 9.79 Å². The van der Waals surface area contributed by atoms with Gasteiger partial charge in [-0.25, -0.2) is 4.98 Å². The van der Waals surface area contributed by atoms with Crippen LogP contribution in [0.25, 0.3) is 11.0 Å². The zero-order chi connectivity index (χ0) is 29.0. The average Bonchev–Trinajstić information content (AvgIpc) is 3.67. The highest BCUT2D eigenvalue weighted by Gasteiger charge is 2.26. The Kier molecular flexibility index (Phi) is 10.7. The summed E-state index contributed by atoms with van der Waals surface area (Å²) in [6.07, 6.45) is 21.4. The number of aromatic amines is 1. The zero-order valence-corrected chi connectivity index (χ0v) is 24.4. The van der Waals surface area contributed by atoms with Crippen LogP contribution in [-0.4, -0.2) is 40.1 Å². The Hall–Kier alpha value is -4.45. The van der Waals surface area contributed by atoms with E-state index >= 15 is 0 Å². The lowest BCUT2D eigenvalue weighted by atomic mass is 9.96. The lowest BCUT2D eigenvalue weighted by Crippen LogP contribution is -2.38. The molecular weight excluding hydrogens is 508 g/mol. The molecular formula is C35H40N4O2. The first-order chi connectivity index (χ1) is 20.0. The minimum atomic E-state index is 0.0455. The van der Waals surface area contributed by atoms with E-state index < -0.39 is 0 Å². The molecule has 2 aliphatic rings. The van der Waals surface area contributed by atoms with Crippen molar-refractivity contribution in [2.45, 2.75) is 53.0 Å². The summed E-state index contributed by atoms with van der Waals surface area (Å²) in [6.45, 7) is 12.1. The zero-order valence-electron chi connectivity index (χ0n) is 24.4. The molecule has 6 nitrogen and oxygen atoms in total. The van der Waals surface area contributed by atoms with Gasteiger partial charge in [0.05, 0.1) is 36.1 Å². The summed E-state index contributed by atoms with van der Waals surface area (Å²) in [7, 11) is 0. The third-order valence-electron chi connectivity index (χ3n) is 7.07. The molecule has 1 aromatic carbocycles. The maximum atomic E-state index is 13.3. The molecule has 0 spiro atoms. The number of carbonyl (C=O) groups excluding carboxylic acids is 1. The number of dihydropyridines is 1. The minimum absolute atomic E-state index is 0.0455. The number of allylic oxidation sites excluding steroid dienone is 9. The van der Waals surface area contributed by atoms with Gasteiger partial charge in [0.2, 0.25) is 0 Å². The molecule has 212 valence electrons. The molecule has 0 unspecified atom stereocenters. The van der Waals surface area contributed by atoms with Crippen molar-refractivity contribution in [1.29, 1.82) is 0 Å². The Balaban J connectivity index is 0.000000360. The van der Waals surface area contributed by atoms with Gasteiger partial charge in [0.25, 0.3) is 5.91 Å². The van der Waals surface area contributed by atoms with Crippen LogP contribution in [0.15, 0.2) is 123 Å². The largest absolute Gasteiger partial charge is 0.464 e. The summed E-state index contributed by atoms with van der Waals surface area (Å²) in [5.41, 5.74) is 8.30. The summed E-state index contributed by atoms with van der Waals surface area (Å²) in [6, 6.07) is 9.90. The van der Waals surface area contributed by atoms with Crippen molar-refractivity contribution < 1.29 is 9.21 Å². The first-order valence-corrected chi connectivity index (χ1v) is 14.3. The first kappa shape index (κ1) is 29.5. The van der Waals surface area contributed by atoms with E-state index in [1.165, 1.54) is 11.1 Å². The Morgan fingerprint density at radius 3 is 2.83 bits per heavy atom. The van der Waals surface area contributed by atoms with Crippen LogP contribution < -0.4 is 0 Å². The number of carbonyl (C=O) groups is 1. The number of fused-ring (bicyclic) bond motifs is 2. The molecule has 2 aliphatic heterocycles. The molecule has 0 radical (unpaired) electrons.